The van der Waals surface area contributed by atoms with Gasteiger partial charge in [0.1, 0.15) is 18.1 Å². The number of esters is 1. The first-order valence-electron chi connectivity index (χ1n) is 10.8. The van der Waals surface area contributed by atoms with Gasteiger partial charge in [-0.05, 0) is 36.2 Å². The molecule has 7 heteroatoms. The molecule has 0 fully saturated rings. The molecule has 0 amide bonds. The first-order chi connectivity index (χ1) is 15.9. The summed E-state index contributed by atoms with van der Waals surface area (Å²) in [4.78, 5) is 26.6. The molecule has 2 aromatic rings. The number of fused-ring (bicyclic) bond motifs is 1. The number of allylic oxidation sites excluding steroid dienone is 3. The van der Waals surface area contributed by atoms with E-state index >= 15 is 0 Å². The molecule has 0 aromatic heterocycles. The maximum Gasteiger partial charge on any atom is 0.336 e. The van der Waals surface area contributed by atoms with Crippen molar-refractivity contribution in [3.05, 3.63) is 87.7 Å². The van der Waals surface area contributed by atoms with Gasteiger partial charge in [-0.15, -0.1) is 0 Å². The van der Waals surface area contributed by atoms with E-state index in [-0.39, 0.29) is 37.1 Å². The number of carbonyl (C=O) groups is 2. The number of phenolic OH excluding ortho intramolecular Hbond substituents is 1. The van der Waals surface area contributed by atoms with E-state index in [1.165, 1.54) is 7.11 Å². The molecule has 2 N–H and O–H groups in total. The van der Waals surface area contributed by atoms with Crippen LogP contribution in [0.1, 0.15) is 36.3 Å². The third-order valence-electron chi connectivity index (χ3n) is 6.14. The van der Waals surface area contributed by atoms with Crippen LogP contribution in [0.15, 0.2) is 71.6 Å². The van der Waals surface area contributed by atoms with E-state index in [9.17, 15) is 14.7 Å². The molecule has 6 nitrogen and oxygen atoms in total. The van der Waals surface area contributed by atoms with Gasteiger partial charge in [-0.1, -0.05) is 48.0 Å². The van der Waals surface area contributed by atoms with Gasteiger partial charge >= 0.3 is 5.97 Å². The molecule has 1 heterocycles. The summed E-state index contributed by atoms with van der Waals surface area (Å²) in [5.41, 5.74) is 3.29. The second-order valence-electron chi connectivity index (χ2n) is 8.26. The molecule has 0 saturated carbocycles. The number of benzene rings is 2. The molecule has 2 aliphatic rings. The van der Waals surface area contributed by atoms with Crippen molar-refractivity contribution in [2.45, 2.75) is 25.2 Å². The summed E-state index contributed by atoms with van der Waals surface area (Å²) in [5.74, 6) is -1.80. The number of phenols is 1. The van der Waals surface area contributed by atoms with Gasteiger partial charge in [0, 0.05) is 41.8 Å². The summed E-state index contributed by atoms with van der Waals surface area (Å²) in [5, 5.41) is 14.0. The van der Waals surface area contributed by atoms with Crippen LogP contribution in [0.25, 0.3) is 0 Å². The van der Waals surface area contributed by atoms with Crippen molar-refractivity contribution in [3.8, 4) is 5.75 Å². The Morgan fingerprint density at radius 1 is 1.15 bits per heavy atom. The summed E-state index contributed by atoms with van der Waals surface area (Å²) in [7, 11) is 1.53. The maximum absolute atomic E-state index is 13.5. The Hall–Kier alpha value is -3.09. The van der Waals surface area contributed by atoms with Crippen molar-refractivity contribution in [3.63, 3.8) is 0 Å². The van der Waals surface area contributed by atoms with Crippen molar-refractivity contribution in [1.82, 2.24) is 5.32 Å². The van der Waals surface area contributed by atoms with E-state index in [0.717, 1.165) is 11.3 Å². The summed E-state index contributed by atoms with van der Waals surface area (Å²) < 4.78 is 10.4. The minimum Gasteiger partial charge on any atom is -0.508 e. The van der Waals surface area contributed by atoms with Crippen molar-refractivity contribution >= 4 is 23.4 Å². The van der Waals surface area contributed by atoms with Gasteiger partial charge in [-0.2, -0.15) is 0 Å². The number of Topliss-reactive ketones (excluding diaryl/α,β-unsaturated/α-hetero) is 1. The Morgan fingerprint density at radius 2 is 1.94 bits per heavy atom. The van der Waals surface area contributed by atoms with Crippen LogP contribution in [0, 0.1) is 5.92 Å². The quantitative estimate of drug-likeness (QED) is 0.482. The summed E-state index contributed by atoms with van der Waals surface area (Å²) >= 11 is 6.41. The van der Waals surface area contributed by atoms with E-state index in [1.54, 1.807) is 25.1 Å². The predicted molar refractivity (Wildman–Crippen MR) is 125 cm³/mol. The highest BCUT2D eigenvalue weighted by Gasteiger charge is 2.45. The molecule has 0 bridgehead atoms. The molecule has 0 spiro atoms. The third kappa shape index (κ3) is 4.68. The number of ketones is 1. The molecule has 172 valence electrons. The van der Waals surface area contributed by atoms with E-state index in [1.807, 2.05) is 36.4 Å². The highest BCUT2D eigenvalue weighted by Crippen LogP contribution is 2.47. The van der Waals surface area contributed by atoms with Crippen molar-refractivity contribution in [2.24, 2.45) is 5.92 Å². The van der Waals surface area contributed by atoms with Crippen molar-refractivity contribution in [1.29, 1.82) is 0 Å². The van der Waals surface area contributed by atoms with Gasteiger partial charge in [-0.25, -0.2) is 4.79 Å². The average molecular weight is 468 g/mol. The van der Waals surface area contributed by atoms with Crippen LogP contribution in [0.4, 0.5) is 0 Å². The van der Waals surface area contributed by atoms with Crippen LogP contribution in [0.5, 0.6) is 5.75 Å². The van der Waals surface area contributed by atoms with Gasteiger partial charge in [0.25, 0.3) is 0 Å². The number of nitrogens with one attached hydrogen (secondary N) is 1. The highest BCUT2D eigenvalue weighted by atomic mass is 35.5. The fourth-order valence-corrected chi connectivity index (χ4v) is 4.97. The van der Waals surface area contributed by atoms with E-state index in [0.29, 0.717) is 21.9 Å². The predicted octanol–water partition coefficient (Wildman–Crippen LogP) is 4.45. The fourth-order valence-electron chi connectivity index (χ4n) is 4.69. The molecule has 4 rings (SSSR count). The van der Waals surface area contributed by atoms with E-state index in [2.05, 4.69) is 5.32 Å². The Morgan fingerprint density at radius 3 is 2.67 bits per heavy atom. The van der Waals surface area contributed by atoms with E-state index in [4.69, 9.17) is 21.1 Å². The summed E-state index contributed by atoms with van der Waals surface area (Å²) in [6.07, 6.45) is 2.29. The van der Waals surface area contributed by atoms with Gasteiger partial charge < -0.3 is 19.9 Å². The molecule has 2 aromatic carbocycles. The summed E-state index contributed by atoms with van der Waals surface area (Å²) in [6, 6.07) is 14.2. The number of aromatic hydroxyl groups is 1. The molecule has 1 aliphatic carbocycles. The smallest absolute Gasteiger partial charge is 0.336 e. The summed E-state index contributed by atoms with van der Waals surface area (Å²) in [6.45, 7) is 2.17. The maximum atomic E-state index is 13.5. The Labute approximate surface area is 197 Å². The Bertz CT molecular complexity index is 1140. The Kier molecular flexibility index (Phi) is 6.86. The SMILES string of the molecule is COCCOC(=O)C1=C(C)NC2=CC(c3ccccc3Cl)CC(=O)C2C1c1cccc(O)c1. The zero-order valence-electron chi connectivity index (χ0n) is 18.5. The number of hydrogen-bond donors (Lipinski definition) is 2. The molecule has 0 radical (unpaired) electrons. The third-order valence-corrected chi connectivity index (χ3v) is 6.48. The highest BCUT2D eigenvalue weighted by molar-refractivity contribution is 6.31. The zero-order chi connectivity index (χ0) is 23.5. The van der Waals surface area contributed by atoms with E-state index < -0.39 is 17.8 Å². The van der Waals surface area contributed by atoms with Crippen LogP contribution in [-0.4, -0.2) is 37.2 Å². The lowest BCUT2D eigenvalue weighted by Gasteiger charge is -2.39. The van der Waals surface area contributed by atoms with Crippen LogP contribution < -0.4 is 5.32 Å². The molecule has 0 saturated heterocycles. The lowest BCUT2D eigenvalue weighted by atomic mass is 9.68. The lowest BCUT2D eigenvalue weighted by molar-refractivity contribution is -0.141. The molecule has 1 aliphatic heterocycles. The van der Waals surface area contributed by atoms with Gasteiger partial charge in [0.05, 0.1) is 18.1 Å². The topological polar surface area (TPSA) is 84.9 Å². The number of rotatable bonds is 6. The van der Waals surface area contributed by atoms with Crippen LogP contribution in [0.2, 0.25) is 5.02 Å². The Balaban J connectivity index is 1.79. The van der Waals surface area contributed by atoms with Gasteiger partial charge in [0.15, 0.2) is 0 Å². The minimum atomic E-state index is -0.598. The zero-order valence-corrected chi connectivity index (χ0v) is 19.3. The number of ether oxygens (including phenoxy) is 2. The number of carbonyl (C=O) groups excluding carboxylic acids is 2. The minimum absolute atomic E-state index is 0.00652. The monoisotopic (exact) mass is 467 g/mol. The van der Waals surface area contributed by atoms with Gasteiger partial charge in [0.2, 0.25) is 0 Å². The van der Waals surface area contributed by atoms with Crippen LogP contribution in [0.3, 0.4) is 0 Å². The standard InChI is InChI=1S/C26H26ClNO5/c1-15-23(26(31)33-11-10-32-2)24(16-6-5-7-18(29)12-16)25-21(28-15)13-17(14-22(25)30)19-8-3-4-9-20(19)27/h3-9,12-13,17,24-25,28-29H,10-11,14H2,1-2H3. The normalized spacial score (nSPS) is 22.3. The van der Waals surface area contributed by atoms with Crippen LogP contribution >= 0.6 is 11.6 Å². The molecule has 3 unspecified atom stereocenters. The fraction of sp³-hybridized carbons (Fsp3) is 0.308. The number of halogens is 1. The molecule has 33 heavy (non-hydrogen) atoms. The van der Waals surface area contributed by atoms with Crippen molar-refractivity contribution < 1.29 is 24.2 Å². The first-order valence-corrected chi connectivity index (χ1v) is 11.2. The first kappa shape index (κ1) is 23.1. The van der Waals surface area contributed by atoms with Gasteiger partial charge in [-0.3, -0.25) is 4.79 Å². The number of methoxy groups -OCH3 is 1. The molecular weight excluding hydrogens is 442 g/mol. The average Bonchev–Trinajstić information content (AvgIpc) is 2.78. The second-order valence-corrected chi connectivity index (χ2v) is 8.67. The molecule has 3 atom stereocenters. The number of hydrogen-bond acceptors (Lipinski definition) is 6. The lowest BCUT2D eigenvalue weighted by Crippen LogP contribution is -2.42. The molecular formula is C26H26ClNO5. The second kappa shape index (κ2) is 9.81. The van der Waals surface area contributed by atoms with Crippen molar-refractivity contribution in [2.75, 3.05) is 20.3 Å². The largest absolute Gasteiger partial charge is 0.508 e. The van der Waals surface area contributed by atoms with Crippen LogP contribution in [-0.2, 0) is 19.1 Å².